The van der Waals surface area contributed by atoms with Crippen molar-refractivity contribution in [3.05, 3.63) is 22.1 Å². The Morgan fingerprint density at radius 2 is 2.39 bits per heavy atom. The highest BCUT2D eigenvalue weighted by Crippen LogP contribution is 2.50. The molecule has 3 rings (SSSR count). The number of hydrogen-bond donors (Lipinski definition) is 1. The van der Waals surface area contributed by atoms with E-state index in [0.717, 1.165) is 19.3 Å². The van der Waals surface area contributed by atoms with Crippen LogP contribution in [0.5, 0.6) is 0 Å². The van der Waals surface area contributed by atoms with Gasteiger partial charge in [-0.2, -0.15) is 0 Å². The predicted molar refractivity (Wildman–Crippen MR) is 62.7 cm³/mol. The van der Waals surface area contributed by atoms with Crippen LogP contribution >= 0.6 is 0 Å². The lowest BCUT2D eigenvalue weighted by Gasteiger charge is -2.21. The average Bonchev–Trinajstić information content (AvgIpc) is 3.00. The summed E-state index contributed by atoms with van der Waals surface area (Å²) in [6.45, 7) is 1.74. The van der Waals surface area contributed by atoms with Crippen LogP contribution in [0.3, 0.4) is 0 Å². The van der Waals surface area contributed by atoms with Gasteiger partial charge in [0.2, 0.25) is 0 Å². The highest BCUT2D eigenvalue weighted by atomic mass is 16.6. The van der Waals surface area contributed by atoms with Crippen LogP contribution in [0.15, 0.2) is 11.4 Å². The van der Waals surface area contributed by atoms with Crippen LogP contribution in [-0.4, -0.2) is 25.4 Å². The van der Waals surface area contributed by atoms with E-state index in [0.29, 0.717) is 17.5 Å². The number of imidazole rings is 1. The number of aryl methyl sites for hydroxylation is 1. The van der Waals surface area contributed by atoms with Crippen molar-refractivity contribution in [3.8, 4) is 0 Å². The lowest BCUT2D eigenvalue weighted by molar-refractivity contribution is -0.392. The van der Waals surface area contributed by atoms with Crippen LogP contribution in [0.2, 0.25) is 0 Å². The Morgan fingerprint density at radius 3 is 3.06 bits per heavy atom. The van der Waals surface area contributed by atoms with E-state index in [4.69, 9.17) is 5.21 Å². The van der Waals surface area contributed by atoms with E-state index in [-0.39, 0.29) is 17.8 Å². The van der Waals surface area contributed by atoms with Gasteiger partial charge in [0.1, 0.15) is 18.0 Å². The largest absolute Gasteiger partial charge is 0.411 e. The van der Waals surface area contributed by atoms with Crippen molar-refractivity contribution in [2.24, 2.45) is 17.0 Å². The van der Waals surface area contributed by atoms with E-state index in [1.54, 1.807) is 11.5 Å². The zero-order valence-corrected chi connectivity index (χ0v) is 9.98. The summed E-state index contributed by atoms with van der Waals surface area (Å²) in [5.41, 5.74) is 0.676. The minimum atomic E-state index is -0.430. The van der Waals surface area contributed by atoms with Crippen molar-refractivity contribution in [1.29, 1.82) is 0 Å². The van der Waals surface area contributed by atoms with Crippen molar-refractivity contribution < 1.29 is 10.1 Å². The number of nitrogens with zero attached hydrogens (tertiary/aromatic N) is 4. The van der Waals surface area contributed by atoms with E-state index in [1.165, 1.54) is 6.20 Å². The highest BCUT2D eigenvalue weighted by Gasteiger charge is 2.50. The molecule has 2 saturated carbocycles. The smallest absolute Gasteiger partial charge is 0.343 e. The summed E-state index contributed by atoms with van der Waals surface area (Å²) in [5, 5.41) is 23.6. The van der Waals surface area contributed by atoms with Crippen molar-refractivity contribution in [2.75, 3.05) is 0 Å². The summed E-state index contributed by atoms with van der Waals surface area (Å²) >= 11 is 0. The first kappa shape index (κ1) is 11.2. The molecular formula is C11H14N4O3. The molecule has 0 aliphatic heterocycles. The molecule has 2 aliphatic carbocycles. The van der Waals surface area contributed by atoms with Gasteiger partial charge in [-0.15, -0.1) is 0 Å². The quantitative estimate of drug-likeness (QED) is 0.492. The molecule has 2 bridgehead atoms. The van der Waals surface area contributed by atoms with Crippen LogP contribution in [0, 0.1) is 28.9 Å². The normalized spacial score (nSPS) is 32.3. The van der Waals surface area contributed by atoms with Crippen LogP contribution in [0.25, 0.3) is 0 Å². The standard InChI is InChI=1S/C11H14N4O3/c1-6-12-5-9(15(17)18)14(6)11-8-3-2-7(4-8)10(11)13-16/h5,7-8,11,16H,2-4H2,1H3/b13-10-/t7-,8+,11+/m0/s1. The first-order chi connectivity index (χ1) is 8.63. The second-order valence-electron chi connectivity index (χ2n) is 5.03. The molecule has 7 heteroatoms. The molecule has 0 unspecified atom stereocenters. The van der Waals surface area contributed by atoms with Gasteiger partial charge in [0.15, 0.2) is 5.82 Å². The van der Waals surface area contributed by atoms with Gasteiger partial charge in [0.25, 0.3) is 0 Å². The van der Waals surface area contributed by atoms with Crippen LogP contribution in [0.4, 0.5) is 5.82 Å². The van der Waals surface area contributed by atoms with E-state index in [1.807, 2.05) is 0 Å². The Labute approximate surface area is 103 Å². The molecule has 2 fully saturated rings. The molecule has 1 aromatic rings. The van der Waals surface area contributed by atoms with E-state index in [9.17, 15) is 10.1 Å². The molecular weight excluding hydrogens is 236 g/mol. The fourth-order valence-electron chi connectivity index (χ4n) is 3.46. The summed E-state index contributed by atoms with van der Waals surface area (Å²) in [7, 11) is 0. The minimum absolute atomic E-state index is 0.0220. The van der Waals surface area contributed by atoms with E-state index >= 15 is 0 Å². The Hall–Kier alpha value is -1.92. The molecule has 2 aliphatic rings. The van der Waals surface area contributed by atoms with Gasteiger partial charge in [-0.05, 0) is 24.2 Å². The van der Waals surface area contributed by atoms with Crippen LogP contribution in [0.1, 0.15) is 31.1 Å². The molecule has 1 N–H and O–H groups in total. The zero-order chi connectivity index (χ0) is 12.9. The minimum Gasteiger partial charge on any atom is -0.411 e. The van der Waals surface area contributed by atoms with Gasteiger partial charge in [-0.3, -0.25) is 0 Å². The zero-order valence-electron chi connectivity index (χ0n) is 9.98. The summed E-state index contributed by atoms with van der Waals surface area (Å²) in [6, 6.07) is -0.198. The van der Waals surface area contributed by atoms with Crippen molar-refractivity contribution in [2.45, 2.75) is 32.2 Å². The fourth-order valence-corrected chi connectivity index (χ4v) is 3.46. The Bertz CT molecular complexity index is 536. The average molecular weight is 250 g/mol. The van der Waals surface area contributed by atoms with Crippen molar-refractivity contribution in [3.63, 3.8) is 0 Å². The third-order valence-electron chi connectivity index (χ3n) is 4.18. The van der Waals surface area contributed by atoms with Crippen molar-refractivity contribution in [1.82, 2.24) is 9.55 Å². The Kier molecular flexibility index (Phi) is 2.36. The topological polar surface area (TPSA) is 93.5 Å². The second-order valence-corrected chi connectivity index (χ2v) is 5.03. The number of fused-ring (bicyclic) bond motifs is 2. The second kappa shape index (κ2) is 3.79. The Morgan fingerprint density at radius 1 is 1.61 bits per heavy atom. The van der Waals surface area contributed by atoms with Crippen LogP contribution in [-0.2, 0) is 0 Å². The van der Waals surface area contributed by atoms with Gasteiger partial charge in [0.05, 0.1) is 0 Å². The molecule has 0 radical (unpaired) electrons. The van der Waals surface area contributed by atoms with Gasteiger partial charge < -0.3 is 15.3 Å². The predicted octanol–water partition coefficient (Wildman–Crippen LogP) is 1.90. The van der Waals surface area contributed by atoms with E-state index < -0.39 is 4.92 Å². The van der Waals surface area contributed by atoms with Gasteiger partial charge in [-0.1, -0.05) is 5.16 Å². The monoisotopic (exact) mass is 250 g/mol. The molecule has 0 saturated heterocycles. The maximum Gasteiger partial charge on any atom is 0.343 e. The van der Waals surface area contributed by atoms with Gasteiger partial charge in [-0.25, -0.2) is 9.55 Å². The van der Waals surface area contributed by atoms with Crippen molar-refractivity contribution >= 4 is 11.5 Å². The molecule has 1 aromatic heterocycles. The lowest BCUT2D eigenvalue weighted by Crippen LogP contribution is -2.27. The summed E-state index contributed by atoms with van der Waals surface area (Å²) in [4.78, 5) is 14.6. The highest BCUT2D eigenvalue weighted by molar-refractivity contribution is 5.93. The molecule has 0 amide bonds. The molecule has 0 aromatic carbocycles. The first-order valence-electron chi connectivity index (χ1n) is 6.03. The number of aromatic nitrogens is 2. The van der Waals surface area contributed by atoms with Crippen LogP contribution < -0.4 is 0 Å². The SMILES string of the molecule is Cc1ncc([N+](=O)[O-])n1[C@H]1/C(=N\O)[C@H]2CC[C@@H]1C2. The number of oxime groups is 1. The molecule has 96 valence electrons. The third-order valence-corrected chi connectivity index (χ3v) is 4.18. The molecule has 7 nitrogen and oxygen atoms in total. The fraction of sp³-hybridized carbons (Fsp3) is 0.636. The Balaban J connectivity index is 2.10. The molecule has 1 heterocycles. The van der Waals surface area contributed by atoms with Gasteiger partial charge in [0, 0.05) is 18.8 Å². The molecule has 18 heavy (non-hydrogen) atoms. The maximum absolute atomic E-state index is 11.0. The molecule has 3 atom stereocenters. The third kappa shape index (κ3) is 1.36. The molecule has 0 spiro atoms. The van der Waals surface area contributed by atoms with E-state index in [2.05, 4.69) is 10.1 Å². The summed E-state index contributed by atoms with van der Waals surface area (Å²) in [5.74, 6) is 1.17. The first-order valence-corrected chi connectivity index (χ1v) is 6.03. The number of nitro groups is 1. The summed E-state index contributed by atoms with van der Waals surface area (Å²) < 4.78 is 1.61. The maximum atomic E-state index is 11.0. The number of rotatable bonds is 2. The summed E-state index contributed by atoms with van der Waals surface area (Å²) in [6.07, 6.45) is 4.28. The van der Waals surface area contributed by atoms with Gasteiger partial charge >= 0.3 is 5.82 Å². The number of hydrogen-bond acceptors (Lipinski definition) is 5. The lowest BCUT2D eigenvalue weighted by atomic mass is 9.93.